The van der Waals surface area contributed by atoms with E-state index in [1.807, 2.05) is 37.3 Å². The number of hydrogen-bond acceptors (Lipinski definition) is 3. The van der Waals surface area contributed by atoms with Gasteiger partial charge in [-0.3, -0.25) is 9.59 Å². The van der Waals surface area contributed by atoms with Gasteiger partial charge >= 0.3 is 0 Å². The van der Waals surface area contributed by atoms with Gasteiger partial charge in [0.05, 0.1) is 11.4 Å². The van der Waals surface area contributed by atoms with Crippen LogP contribution in [0.25, 0.3) is 11.1 Å². The van der Waals surface area contributed by atoms with Crippen LogP contribution in [-0.2, 0) is 4.79 Å². The molecule has 3 N–H and O–H groups in total. The third-order valence-electron chi connectivity index (χ3n) is 3.91. The summed E-state index contributed by atoms with van der Waals surface area (Å²) in [6.45, 7) is 1.99. The maximum absolute atomic E-state index is 11.9. The molecular formula is C18H19N3O2. The molecule has 0 spiro atoms. The summed E-state index contributed by atoms with van der Waals surface area (Å²) in [6.07, 6.45) is 0.434. The molecule has 2 aromatic rings. The van der Waals surface area contributed by atoms with Crippen molar-refractivity contribution in [2.45, 2.75) is 19.4 Å². The number of benzene rings is 2. The highest BCUT2D eigenvalue weighted by molar-refractivity contribution is 6.00. The van der Waals surface area contributed by atoms with Crippen molar-refractivity contribution in [3.63, 3.8) is 0 Å². The van der Waals surface area contributed by atoms with Gasteiger partial charge in [0.15, 0.2) is 0 Å². The molecule has 1 atom stereocenters. The molecule has 0 radical (unpaired) electrons. The molecule has 0 unspecified atom stereocenters. The fourth-order valence-electron chi connectivity index (χ4n) is 2.77. The Balaban J connectivity index is 2.02. The molecule has 3 rings (SSSR count). The van der Waals surface area contributed by atoms with Gasteiger partial charge in [-0.1, -0.05) is 24.3 Å². The third-order valence-corrected chi connectivity index (χ3v) is 3.91. The summed E-state index contributed by atoms with van der Waals surface area (Å²) in [5.74, 6) is -0.0988. The largest absolute Gasteiger partial charge is 0.380 e. The number of hydrogen-bond donors (Lipinski definition) is 3. The van der Waals surface area contributed by atoms with E-state index in [1.165, 1.54) is 0 Å². The zero-order valence-electron chi connectivity index (χ0n) is 13.1. The van der Waals surface area contributed by atoms with E-state index >= 15 is 0 Å². The second kappa shape index (κ2) is 6.12. The summed E-state index contributed by atoms with van der Waals surface area (Å²) in [6, 6.07) is 13.3. The van der Waals surface area contributed by atoms with Crippen LogP contribution < -0.4 is 16.0 Å². The molecule has 118 valence electrons. The number of carbonyl (C=O) groups excluding carboxylic acids is 2. The Kier molecular flexibility index (Phi) is 4.02. The predicted molar refractivity (Wildman–Crippen MR) is 91.6 cm³/mol. The second-order valence-corrected chi connectivity index (χ2v) is 5.68. The first-order valence-corrected chi connectivity index (χ1v) is 7.60. The first-order chi connectivity index (χ1) is 11.1. The van der Waals surface area contributed by atoms with Crippen molar-refractivity contribution < 1.29 is 9.59 Å². The SMILES string of the molecule is CNC(=O)c1ccc(-c2cccc3c2N[C@H](C)CC(=O)N3)cc1. The smallest absolute Gasteiger partial charge is 0.251 e. The minimum absolute atomic E-state index is 0.0101. The van der Waals surface area contributed by atoms with E-state index in [4.69, 9.17) is 0 Å². The van der Waals surface area contributed by atoms with Crippen LogP contribution in [0, 0.1) is 0 Å². The number of nitrogens with one attached hydrogen (secondary N) is 3. The highest BCUT2D eigenvalue weighted by Gasteiger charge is 2.20. The van der Waals surface area contributed by atoms with Gasteiger partial charge in [-0.2, -0.15) is 0 Å². The van der Waals surface area contributed by atoms with Gasteiger partial charge in [-0.25, -0.2) is 0 Å². The van der Waals surface area contributed by atoms with Gasteiger partial charge in [0.25, 0.3) is 5.91 Å². The molecule has 1 aliphatic rings. The van der Waals surface area contributed by atoms with Crippen molar-refractivity contribution in [1.82, 2.24) is 5.32 Å². The molecule has 2 aromatic carbocycles. The maximum Gasteiger partial charge on any atom is 0.251 e. The summed E-state index contributed by atoms with van der Waals surface area (Å²) in [7, 11) is 1.61. The van der Waals surface area contributed by atoms with Crippen LogP contribution in [0.5, 0.6) is 0 Å². The molecule has 0 aliphatic carbocycles. The molecule has 23 heavy (non-hydrogen) atoms. The Hall–Kier alpha value is -2.82. The van der Waals surface area contributed by atoms with Crippen LogP contribution in [0.2, 0.25) is 0 Å². The van der Waals surface area contributed by atoms with Gasteiger partial charge in [-0.05, 0) is 30.7 Å². The number of amides is 2. The monoisotopic (exact) mass is 309 g/mol. The van der Waals surface area contributed by atoms with Crippen LogP contribution in [-0.4, -0.2) is 24.9 Å². The van der Waals surface area contributed by atoms with Gasteiger partial charge in [0.1, 0.15) is 0 Å². The van der Waals surface area contributed by atoms with Crippen LogP contribution in [0.15, 0.2) is 42.5 Å². The maximum atomic E-state index is 11.9. The molecule has 0 saturated heterocycles. The Morgan fingerprint density at radius 3 is 2.61 bits per heavy atom. The molecule has 0 bridgehead atoms. The zero-order valence-corrected chi connectivity index (χ0v) is 13.1. The minimum atomic E-state index is -0.109. The minimum Gasteiger partial charge on any atom is -0.380 e. The molecule has 2 amide bonds. The fourth-order valence-corrected chi connectivity index (χ4v) is 2.77. The van der Waals surface area contributed by atoms with Crippen LogP contribution in [0.3, 0.4) is 0 Å². The first-order valence-electron chi connectivity index (χ1n) is 7.60. The molecular weight excluding hydrogens is 290 g/mol. The molecule has 0 saturated carbocycles. The molecule has 5 nitrogen and oxygen atoms in total. The number of carbonyl (C=O) groups is 2. The van der Waals surface area contributed by atoms with E-state index in [0.29, 0.717) is 12.0 Å². The quantitative estimate of drug-likeness (QED) is 0.799. The normalized spacial score (nSPS) is 16.6. The Morgan fingerprint density at radius 1 is 1.17 bits per heavy atom. The summed E-state index contributed by atoms with van der Waals surface area (Å²) < 4.78 is 0. The van der Waals surface area contributed by atoms with Gasteiger partial charge in [0, 0.05) is 30.6 Å². The highest BCUT2D eigenvalue weighted by Crippen LogP contribution is 2.36. The van der Waals surface area contributed by atoms with Crippen molar-refractivity contribution in [2.24, 2.45) is 0 Å². The van der Waals surface area contributed by atoms with Gasteiger partial charge in [0.2, 0.25) is 5.91 Å². The Bertz CT molecular complexity index is 753. The van der Waals surface area contributed by atoms with Crippen molar-refractivity contribution in [3.05, 3.63) is 48.0 Å². The summed E-state index contributed by atoms with van der Waals surface area (Å²) in [5.41, 5.74) is 4.31. The van der Waals surface area contributed by atoms with Crippen molar-refractivity contribution in [1.29, 1.82) is 0 Å². The number of para-hydroxylation sites is 1. The van der Waals surface area contributed by atoms with Crippen molar-refractivity contribution in [2.75, 3.05) is 17.7 Å². The Morgan fingerprint density at radius 2 is 1.91 bits per heavy atom. The third kappa shape index (κ3) is 3.04. The van der Waals surface area contributed by atoms with Gasteiger partial charge < -0.3 is 16.0 Å². The molecule has 1 aliphatic heterocycles. The lowest BCUT2D eigenvalue weighted by atomic mass is 10.0. The topological polar surface area (TPSA) is 70.2 Å². The number of rotatable bonds is 2. The van der Waals surface area contributed by atoms with E-state index in [2.05, 4.69) is 16.0 Å². The molecule has 0 aromatic heterocycles. The molecule has 5 heteroatoms. The highest BCUT2D eigenvalue weighted by atomic mass is 16.2. The first kappa shape index (κ1) is 15.1. The van der Waals surface area contributed by atoms with E-state index in [-0.39, 0.29) is 17.9 Å². The Labute approximate surface area is 135 Å². The average Bonchev–Trinajstić information content (AvgIpc) is 2.70. The van der Waals surface area contributed by atoms with Crippen molar-refractivity contribution in [3.8, 4) is 11.1 Å². The van der Waals surface area contributed by atoms with Crippen LogP contribution >= 0.6 is 0 Å². The van der Waals surface area contributed by atoms with E-state index in [9.17, 15) is 9.59 Å². The second-order valence-electron chi connectivity index (χ2n) is 5.68. The summed E-state index contributed by atoms with van der Waals surface area (Å²) in [4.78, 5) is 23.5. The van der Waals surface area contributed by atoms with Gasteiger partial charge in [-0.15, -0.1) is 0 Å². The van der Waals surface area contributed by atoms with E-state index < -0.39 is 0 Å². The predicted octanol–water partition coefficient (Wildman–Crippen LogP) is 2.86. The van der Waals surface area contributed by atoms with E-state index in [1.54, 1.807) is 19.2 Å². The van der Waals surface area contributed by atoms with Crippen LogP contribution in [0.4, 0.5) is 11.4 Å². The van der Waals surface area contributed by atoms with E-state index in [0.717, 1.165) is 22.5 Å². The average molecular weight is 309 g/mol. The lowest BCUT2D eigenvalue weighted by Crippen LogP contribution is -2.19. The lowest BCUT2D eigenvalue weighted by molar-refractivity contribution is -0.116. The number of fused-ring (bicyclic) bond motifs is 1. The number of anilines is 2. The van der Waals surface area contributed by atoms with Crippen molar-refractivity contribution >= 4 is 23.2 Å². The lowest BCUT2D eigenvalue weighted by Gasteiger charge is -2.16. The summed E-state index contributed by atoms with van der Waals surface area (Å²) in [5, 5.41) is 8.95. The molecule has 0 fully saturated rings. The standard InChI is InChI=1S/C18H19N3O2/c1-11-10-16(22)21-15-5-3-4-14(17(15)20-11)12-6-8-13(9-7-12)18(23)19-2/h3-9,11,20H,10H2,1-2H3,(H,19,23)(H,21,22)/t11-/m1/s1. The zero-order chi connectivity index (χ0) is 16.4. The van der Waals surface area contributed by atoms with Crippen LogP contribution in [0.1, 0.15) is 23.7 Å². The molecule has 1 heterocycles. The summed E-state index contributed by atoms with van der Waals surface area (Å²) >= 11 is 0. The fraction of sp³-hybridized carbons (Fsp3) is 0.222.